The second-order valence-corrected chi connectivity index (χ2v) is 4.07. The standard InChI is InChI=1S/C8H10N2O2S/c11-6-3-10(4-6)8(12)1-7-2-9-5-13-7/h2,5-6,11H,1,3-4H2. The molecule has 0 spiro atoms. The molecule has 1 fully saturated rings. The number of aliphatic hydroxyl groups is 1. The minimum Gasteiger partial charge on any atom is -0.389 e. The molecule has 1 aromatic heterocycles. The van der Waals surface area contributed by atoms with Gasteiger partial charge in [-0.05, 0) is 0 Å². The third kappa shape index (κ3) is 1.87. The van der Waals surface area contributed by atoms with E-state index in [0.717, 1.165) is 4.88 Å². The van der Waals surface area contributed by atoms with Crippen molar-refractivity contribution in [1.82, 2.24) is 9.88 Å². The number of aromatic nitrogens is 1. The lowest BCUT2D eigenvalue weighted by Gasteiger charge is -2.35. The number of β-amino-alcohol motifs (C(OH)–C–C–N with tert-alkyl or cyclic N) is 1. The van der Waals surface area contributed by atoms with Gasteiger partial charge in [0.1, 0.15) is 0 Å². The number of carbonyl (C=O) groups is 1. The maximum absolute atomic E-state index is 11.4. The topological polar surface area (TPSA) is 53.4 Å². The number of likely N-dealkylation sites (tertiary alicyclic amines) is 1. The van der Waals surface area contributed by atoms with E-state index in [0.29, 0.717) is 19.5 Å². The number of nitrogens with zero attached hydrogens (tertiary/aromatic N) is 2. The Morgan fingerprint density at radius 3 is 3.08 bits per heavy atom. The maximum Gasteiger partial charge on any atom is 0.228 e. The third-order valence-electron chi connectivity index (χ3n) is 2.02. The SMILES string of the molecule is O=C(Cc1cncs1)N1CC(O)C1. The molecule has 0 radical (unpaired) electrons. The lowest BCUT2D eigenvalue weighted by Crippen LogP contribution is -2.53. The van der Waals surface area contributed by atoms with Crippen molar-refractivity contribution in [3.05, 3.63) is 16.6 Å². The van der Waals surface area contributed by atoms with Crippen molar-refractivity contribution in [2.45, 2.75) is 12.5 Å². The summed E-state index contributed by atoms with van der Waals surface area (Å²) < 4.78 is 0. The Bertz CT molecular complexity index is 293. The summed E-state index contributed by atoms with van der Waals surface area (Å²) in [5, 5.41) is 8.99. The fourth-order valence-corrected chi connectivity index (χ4v) is 1.83. The van der Waals surface area contributed by atoms with Gasteiger partial charge in [-0.2, -0.15) is 0 Å². The first-order valence-corrected chi connectivity index (χ1v) is 4.97. The normalized spacial score (nSPS) is 17.2. The van der Waals surface area contributed by atoms with Crippen molar-refractivity contribution in [2.24, 2.45) is 0 Å². The van der Waals surface area contributed by atoms with Crippen molar-refractivity contribution in [3.8, 4) is 0 Å². The van der Waals surface area contributed by atoms with Gasteiger partial charge in [0, 0.05) is 24.2 Å². The molecular formula is C8H10N2O2S. The molecule has 1 amide bonds. The molecule has 1 aliphatic heterocycles. The van der Waals surface area contributed by atoms with Gasteiger partial charge in [-0.15, -0.1) is 11.3 Å². The molecule has 0 unspecified atom stereocenters. The van der Waals surface area contributed by atoms with Crippen molar-refractivity contribution in [2.75, 3.05) is 13.1 Å². The van der Waals surface area contributed by atoms with Crippen molar-refractivity contribution < 1.29 is 9.90 Å². The average molecular weight is 198 g/mol. The van der Waals surface area contributed by atoms with Gasteiger partial charge in [0.2, 0.25) is 5.91 Å². The predicted octanol–water partition coefficient (Wildman–Crippen LogP) is -0.111. The van der Waals surface area contributed by atoms with Crippen LogP contribution in [0.2, 0.25) is 0 Å². The van der Waals surface area contributed by atoms with Crippen molar-refractivity contribution >= 4 is 17.2 Å². The zero-order valence-electron chi connectivity index (χ0n) is 7.01. The summed E-state index contributed by atoms with van der Waals surface area (Å²) in [6.07, 6.45) is 1.81. The Labute approximate surface area is 79.8 Å². The number of amides is 1. The zero-order chi connectivity index (χ0) is 9.26. The summed E-state index contributed by atoms with van der Waals surface area (Å²) in [5.74, 6) is 0.0783. The van der Waals surface area contributed by atoms with E-state index in [9.17, 15) is 4.79 Å². The van der Waals surface area contributed by atoms with Gasteiger partial charge < -0.3 is 10.0 Å². The number of thiazole rings is 1. The van der Waals surface area contributed by atoms with E-state index in [1.807, 2.05) is 0 Å². The summed E-state index contributed by atoms with van der Waals surface area (Å²) in [6, 6.07) is 0. The molecule has 0 aromatic carbocycles. The Kier molecular flexibility index (Phi) is 2.28. The molecule has 2 heterocycles. The highest BCUT2D eigenvalue weighted by molar-refractivity contribution is 7.09. The summed E-state index contributed by atoms with van der Waals surface area (Å²) in [6.45, 7) is 0.968. The highest BCUT2D eigenvalue weighted by Crippen LogP contribution is 2.12. The van der Waals surface area contributed by atoms with Crippen LogP contribution in [0.3, 0.4) is 0 Å². The minimum atomic E-state index is -0.314. The molecule has 1 aliphatic rings. The molecule has 4 nitrogen and oxygen atoms in total. The molecule has 1 saturated heterocycles. The highest BCUT2D eigenvalue weighted by Gasteiger charge is 2.28. The largest absolute Gasteiger partial charge is 0.389 e. The number of hydrogen-bond acceptors (Lipinski definition) is 4. The Morgan fingerprint density at radius 2 is 2.54 bits per heavy atom. The lowest BCUT2D eigenvalue weighted by molar-refractivity contribution is -0.140. The second kappa shape index (κ2) is 3.43. The van der Waals surface area contributed by atoms with E-state index in [1.54, 1.807) is 16.6 Å². The fourth-order valence-electron chi connectivity index (χ4n) is 1.25. The minimum absolute atomic E-state index is 0.0783. The maximum atomic E-state index is 11.4. The van der Waals surface area contributed by atoms with Crippen LogP contribution >= 0.6 is 11.3 Å². The van der Waals surface area contributed by atoms with Crippen LogP contribution in [0, 0.1) is 0 Å². The van der Waals surface area contributed by atoms with Gasteiger partial charge in [-0.3, -0.25) is 9.78 Å². The molecular weight excluding hydrogens is 188 g/mol. The van der Waals surface area contributed by atoms with Crippen LogP contribution in [0.25, 0.3) is 0 Å². The van der Waals surface area contributed by atoms with Crippen LogP contribution < -0.4 is 0 Å². The van der Waals surface area contributed by atoms with Gasteiger partial charge in [0.25, 0.3) is 0 Å². The summed E-state index contributed by atoms with van der Waals surface area (Å²) >= 11 is 1.48. The third-order valence-corrected chi connectivity index (χ3v) is 2.80. The molecule has 0 bridgehead atoms. The Morgan fingerprint density at radius 1 is 1.77 bits per heavy atom. The lowest BCUT2D eigenvalue weighted by atomic mass is 10.1. The van der Waals surface area contributed by atoms with Crippen LogP contribution in [0.15, 0.2) is 11.7 Å². The van der Waals surface area contributed by atoms with Gasteiger partial charge in [0.05, 0.1) is 18.0 Å². The molecule has 1 aromatic rings. The van der Waals surface area contributed by atoms with Gasteiger partial charge in [0.15, 0.2) is 0 Å². The van der Waals surface area contributed by atoms with Crippen molar-refractivity contribution in [1.29, 1.82) is 0 Å². The fraction of sp³-hybridized carbons (Fsp3) is 0.500. The van der Waals surface area contributed by atoms with E-state index in [2.05, 4.69) is 4.98 Å². The predicted molar refractivity (Wildman–Crippen MR) is 48.4 cm³/mol. The van der Waals surface area contributed by atoms with Crippen LogP contribution in [0.4, 0.5) is 0 Å². The number of aliphatic hydroxyl groups excluding tert-OH is 1. The second-order valence-electron chi connectivity index (χ2n) is 3.10. The molecule has 0 atom stereocenters. The van der Waals surface area contributed by atoms with Crippen LogP contribution in [0.1, 0.15) is 4.88 Å². The monoisotopic (exact) mass is 198 g/mol. The quantitative estimate of drug-likeness (QED) is 0.721. The molecule has 5 heteroatoms. The summed E-state index contributed by atoms with van der Waals surface area (Å²) in [7, 11) is 0. The first-order chi connectivity index (χ1) is 6.25. The Balaban J connectivity index is 1.86. The zero-order valence-corrected chi connectivity index (χ0v) is 7.83. The van der Waals surface area contributed by atoms with Gasteiger partial charge in [-0.1, -0.05) is 0 Å². The number of rotatable bonds is 2. The molecule has 70 valence electrons. The number of hydrogen-bond donors (Lipinski definition) is 1. The van der Waals surface area contributed by atoms with Gasteiger partial charge >= 0.3 is 0 Å². The molecule has 0 saturated carbocycles. The average Bonchev–Trinajstić information content (AvgIpc) is 2.51. The van der Waals surface area contributed by atoms with Gasteiger partial charge in [-0.25, -0.2) is 0 Å². The van der Waals surface area contributed by atoms with E-state index in [1.165, 1.54) is 11.3 Å². The first-order valence-electron chi connectivity index (χ1n) is 4.09. The highest BCUT2D eigenvalue weighted by atomic mass is 32.1. The summed E-state index contributed by atoms with van der Waals surface area (Å²) in [5.41, 5.74) is 1.72. The molecule has 0 aliphatic carbocycles. The smallest absolute Gasteiger partial charge is 0.228 e. The van der Waals surface area contributed by atoms with Crippen LogP contribution in [0.5, 0.6) is 0 Å². The van der Waals surface area contributed by atoms with E-state index < -0.39 is 0 Å². The van der Waals surface area contributed by atoms with E-state index in [-0.39, 0.29) is 12.0 Å². The molecule has 13 heavy (non-hydrogen) atoms. The van der Waals surface area contributed by atoms with Crippen LogP contribution in [-0.2, 0) is 11.2 Å². The Hall–Kier alpha value is -0.940. The first kappa shape index (κ1) is 8.65. The number of carbonyl (C=O) groups excluding carboxylic acids is 1. The van der Waals surface area contributed by atoms with E-state index in [4.69, 9.17) is 5.11 Å². The van der Waals surface area contributed by atoms with Crippen molar-refractivity contribution in [3.63, 3.8) is 0 Å². The molecule has 2 rings (SSSR count). The van der Waals surface area contributed by atoms with Crippen LogP contribution in [-0.4, -0.2) is 40.1 Å². The summed E-state index contributed by atoms with van der Waals surface area (Å²) in [4.78, 5) is 18.0. The molecule has 1 N–H and O–H groups in total. The van der Waals surface area contributed by atoms with E-state index >= 15 is 0 Å².